The lowest BCUT2D eigenvalue weighted by atomic mass is 10.0. The van der Waals surface area contributed by atoms with Gasteiger partial charge in [0.2, 0.25) is 0 Å². The molecule has 2 aromatic rings. The van der Waals surface area contributed by atoms with E-state index in [9.17, 15) is 0 Å². The van der Waals surface area contributed by atoms with Crippen LogP contribution in [0.15, 0.2) is 53.4 Å². The van der Waals surface area contributed by atoms with Crippen molar-refractivity contribution in [1.82, 2.24) is 5.32 Å². The monoisotopic (exact) mass is 285 g/mol. The topological polar surface area (TPSA) is 21.3 Å². The molecule has 2 aromatic carbocycles. The molecule has 1 N–H and O–H groups in total. The van der Waals surface area contributed by atoms with Crippen LogP contribution in [-0.2, 0) is 0 Å². The number of thioether (sulfide) groups is 1. The first-order valence-corrected chi connectivity index (χ1v) is 7.89. The Balaban J connectivity index is 1.79. The van der Waals surface area contributed by atoms with Gasteiger partial charge in [-0.05, 0) is 24.6 Å². The molecular weight excluding hydrogens is 266 g/mol. The molecule has 1 aliphatic heterocycles. The Labute approximate surface area is 124 Å². The first-order chi connectivity index (χ1) is 9.79. The van der Waals surface area contributed by atoms with E-state index in [1.807, 2.05) is 23.9 Å². The van der Waals surface area contributed by atoms with Crippen molar-refractivity contribution in [2.75, 3.05) is 12.9 Å². The zero-order valence-corrected chi connectivity index (χ0v) is 12.6. The third-order valence-electron chi connectivity index (χ3n) is 3.76. The summed E-state index contributed by atoms with van der Waals surface area (Å²) >= 11 is 1.93. The molecule has 0 fully saturated rings. The lowest BCUT2D eigenvalue weighted by molar-refractivity contribution is 0.397. The number of fused-ring (bicyclic) bond motifs is 1. The molecule has 0 amide bonds. The van der Waals surface area contributed by atoms with Crippen LogP contribution < -0.4 is 10.1 Å². The first kappa shape index (κ1) is 13.5. The van der Waals surface area contributed by atoms with Crippen molar-refractivity contribution in [3.05, 3.63) is 59.7 Å². The van der Waals surface area contributed by atoms with Gasteiger partial charge in [-0.15, -0.1) is 11.8 Å². The fraction of sp³-hybridized carbons (Fsp3) is 0.294. The summed E-state index contributed by atoms with van der Waals surface area (Å²) < 4.78 is 5.46. The molecule has 1 heterocycles. The molecule has 1 unspecified atom stereocenters. The van der Waals surface area contributed by atoms with Crippen molar-refractivity contribution in [2.24, 2.45) is 0 Å². The number of hydrogen-bond donors (Lipinski definition) is 1. The number of hydrogen-bond acceptors (Lipinski definition) is 3. The second-order valence-electron chi connectivity index (χ2n) is 5.03. The number of para-hydroxylation sites is 1. The maximum atomic E-state index is 5.46. The Morgan fingerprint density at radius 2 is 1.90 bits per heavy atom. The van der Waals surface area contributed by atoms with Crippen LogP contribution in [0, 0.1) is 0 Å². The summed E-state index contributed by atoms with van der Waals surface area (Å²) in [6.45, 7) is 2.20. The summed E-state index contributed by atoms with van der Waals surface area (Å²) in [6.07, 6.45) is 0. The normalized spacial score (nSPS) is 18.6. The van der Waals surface area contributed by atoms with Gasteiger partial charge in [0, 0.05) is 28.3 Å². The highest BCUT2D eigenvalue weighted by atomic mass is 32.2. The van der Waals surface area contributed by atoms with Crippen molar-refractivity contribution in [3.8, 4) is 5.75 Å². The Hall–Kier alpha value is -1.45. The van der Waals surface area contributed by atoms with Gasteiger partial charge in [-0.1, -0.05) is 36.4 Å². The minimum Gasteiger partial charge on any atom is -0.496 e. The fourth-order valence-corrected chi connectivity index (χ4v) is 3.89. The molecule has 2 nitrogen and oxygen atoms in total. The van der Waals surface area contributed by atoms with E-state index >= 15 is 0 Å². The van der Waals surface area contributed by atoms with Crippen LogP contribution >= 0.6 is 11.8 Å². The highest BCUT2D eigenvalue weighted by Crippen LogP contribution is 2.39. The minimum absolute atomic E-state index is 0.267. The van der Waals surface area contributed by atoms with Crippen molar-refractivity contribution in [1.29, 1.82) is 0 Å². The molecule has 0 radical (unpaired) electrons. The van der Waals surface area contributed by atoms with Gasteiger partial charge in [0.1, 0.15) is 5.75 Å². The molecule has 0 aromatic heterocycles. The van der Waals surface area contributed by atoms with E-state index in [4.69, 9.17) is 4.74 Å². The second kappa shape index (κ2) is 5.90. The van der Waals surface area contributed by atoms with Crippen molar-refractivity contribution < 1.29 is 4.74 Å². The average molecular weight is 285 g/mol. The van der Waals surface area contributed by atoms with E-state index in [0.717, 1.165) is 11.5 Å². The van der Waals surface area contributed by atoms with Gasteiger partial charge in [-0.25, -0.2) is 0 Å². The molecule has 1 aliphatic rings. The molecule has 3 heteroatoms. The van der Waals surface area contributed by atoms with Crippen LogP contribution in [0.1, 0.15) is 30.1 Å². The van der Waals surface area contributed by atoms with Crippen molar-refractivity contribution in [3.63, 3.8) is 0 Å². The van der Waals surface area contributed by atoms with E-state index in [1.165, 1.54) is 16.0 Å². The van der Waals surface area contributed by atoms with Crippen molar-refractivity contribution in [2.45, 2.75) is 23.9 Å². The number of nitrogens with one attached hydrogen (secondary N) is 1. The van der Waals surface area contributed by atoms with Gasteiger partial charge in [0.05, 0.1) is 7.11 Å². The zero-order valence-electron chi connectivity index (χ0n) is 11.8. The number of rotatable bonds is 4. The third-order valence-corrected chi connectivity index (χ3v) is 4.94. The quantitative estimate of drug-likeness (QED) is 0.910. The van der Waals surface area contributed by atoms with Gasteiger partial charge in [0.15, 0.2) is 0 Å². The average Bonchev–Trinajstić information content (AvgIpc) is 2.90. The Kier molecular flexibility index (Phi) is 3.99. The molecule has 0 saturated heterocycles. The molecule has 0 bridgehead atoms. The summed E-state index contributed by atoms with van der Waals surface area (Å²) in [7, 11) is 1.73. The lowest BCUT2D eigenvalue weighted by Crippen LogP contribution is -2.24. The Morgan fingerprint density at radius 1 is 1.15 bits per heavy atom. The molecule has 2 atom stereocenters. The predicted octanol–water partition coefficient (Wildman–Crippen LogP) is 4.19. The molecule has 20 heavy (non-hydrogen) atoms. The van der Waals surface area contributed by atoms with Gasteiger partial charge in [-0.3, -0.25) is 0 Å². The maximum absolute atomic E-state index is 5.46. The smallest absolute Gasteiger partial charge is 0.123 e. The van der Waals surface area contributed by atoms with Crippen LogP contribution in [0.3, 0.4) is 0 Å². The predicted molar refractivity (Wildman–Crippen MR) is 84.5 cm³/mol. The zero-order chi connectivity index (χ0) is 13.9. The SMILES string of the molecule is COc1ccccc1[C@H](C)NC1CSc2ccccc21. The van der Waals surface area contributed by atoms with E-state index in [1.54, 1.807) is 7.11 Å². The summed E-state index contributed by atoms with van der Waals surface area (Å²) in [5.74, 6) is 2.05. The molecule has 0 saturated carbocycles. The summed E-state index contributed by atoms with van der Waals surface area (Å²) in [5.41, 5.74) is 2.63. The largest absolute Gasteiger partial charge is 0.496 e. The van der Waals surface area contributed by atoms with E-state index in [0.29, 0.717) is 6.04 Å². The van der Waals surface area contributed by atoms with Crippen molar-refractivity contribution >= 4 is 11.8 Å². The number of methoxy groups -OCH3 is 1. The van der Waals surface area contributed by atoms with Gasteiger partial charge in [-0.2, -0.15) is 0 Å². The highest BCUT2D eigenvalue weighted by Gasteiger charge is 2.24. The highest BCUT2D eigenvalue weighted by molar-refractivity contribution is 7.99. The van der Waals surface area contributed by atoms with Gasteiger partial charge < -0.3 is 10.1 Å². The molecule has 104 valence electrons. The van der Waals surface area contributed by atoms with Crippen LogP contribution in [0.25, 0.3) is 0 Å². The first-order valence-electron chi connectivity index (χ1n) is 6.90. The summed E-state index contributed by atoms with van der Waals surface area (Å²) in [4.78, 5) is 1.40. The third kappa shape index (κ3) is 2.56. The summed E-state index contributed by atoms with van der Waals surface area (Å²) in [5, 5.41) is 3.73. The molecule has 0 spiro atoms. The maximum Gasteiger partial charge on any atom is 0.123 e. The standard InChI is InChI=1S/C17H19NOS/c1-12(13-7-3-5-9-16(13)19-2)18-15-11-20-17-10-6-4-8-14(15)17/h3-10,12,15,18H,11H2,1-2H3/t12-,15?/m0/s1. The Morgan fingerprint density at radius 3 is 2.75 bits per heavy atom. The molecule has 0 aliphatic carbocycles. The number of ether oxygens (including phenoxy) is 1. The molecular formula is C17H19NOS. The van der Waals surface area contributed by atoms with E-state index < -0.39 is 0 Å². The van der Waals surface area contributed by atoms with Crippen LogP contribution in [0.4, 0.5) is 0 Å². The lowest BCUT2D eigenvalue weighted by Gasteiger charge is -2.22. The Bertz CT molecular complexity index is 599. The fourth-order valence-electron chi connectivity index (χ4n) is 2.72. The minimum atomic E-state index is 0.267. The van der Waals surface area contributed by atoms with Crippen LogP contribution in [-0.4, -0.2) is 12.9 Å². The second-order valence-corrected chi connectivity index (χ2v) is 6.09. The van der Waals surface area contributed by atoms with Gasteiger partial charge >= 0.3 is 0 Å². The van der Waals surface area contributed by atoms with Crippen LogP contribution in [0.5, 0.6) is 5.75 Å². The summed E-state index contributed by atoms with van der Waals surface area (Å²) in [6, 6.07) is 17.6. The molecule has 3 rings (SSSR count). The van der Waals surface area contributed by atoms with E-state index in [-0.39, 0.29) is 6.04 Å². The number of benzene rings is 2. The van der Waals surface area contributed by atoms with Gasteiger partial charge in [0.25, 0.3) is 0 Å². The van der Waals surface area contributed by atoms with E-state index in [2.05, 4.69) is 48.6 Å². The van der Waals surface area contributed by atoms with Crippen LogP contribution in [0.2, 0.25) is 0 Å².